The largest absolute Gasteiger partial charge is 0.443 e. The summed E-state index contributed by atoms with van der Waals surface area (Å²) in [7, 11) is 1.67. The molecule has 0 saturated heterocycles. The highest BCUT2D eigenvalue weighted by atomic mass is 32.1. The zero-order valence-corrected chi connectivity index (χ0v) is 11.2. The summed E-state index contributed by atoms with van der Waals surface area (Å²) < 4.78 is 38.9. The van der Waals surface area contributed by atoms with E-state index >= 15 is 0 Å². The fraction of sp³-hybridized carbons (Fsp3) is 0.364. The van der Waals surface area contributed by atoms with E-state index in [2.05, 4.69) is 10.1 Å². The Bertz CT molecular complexity index is 642. The maximum atomic E-state index is 12.4. The fourth-order valence-electron chi connectivity index (χ4n) is 1.74. The molecule has 0 amide bonds. The van der Waals surface area contributed by atoms with Gasteiger partial charge in [-0.15, -0.1) is 11.3 Å². The van der Waals surface area contributed by atoms with Gasteiger partial charge in [0.15, 0.2) is 5.01 Å². The first kappa shape index (κ1) is 13.7. The molecule has 0 atom stereocenters. The number of thiazole rings is 1. The molecule has 102 valence electrons. The molecule has 0 aromatic carbocycles. The Morgan fingerprint density at radius 2 is 2.00 bits per heavy atom. The quantitative estimate of drug-likeness (QED) is 0.799. The molecular weight excluding hydrogens is 279 g/mol. The van der Waals surface area contributed by atoms with E-state index in [0.717, 1.165) is 6.20 Å². The van der Waals surface area contributed by atoms with Crippen LogP contribution in [0.4, 0.5) is 13.2 Å². The molecule has 2 aromatic rings. The molecule has 8 heteroatoms. The third kappa shape index (κ3) is 2.40. The van der Waals surface area contributed by atoms with Crippen molar-refractivity contribution >= 4 is 17.1 Å². The SMILES string of the molecule is Cc1nn(C)c(C)c1C(=O)c1cnc(C(F)(F)F)s1. The molecule has 0 saturated carbocycles. The summed E-state index contributed by atoms with van der Waals surface area (Å²) in [5, 5.41) is 3.05. The number of aromatic nitrogens is 3. The van der Waals surface area contributed by atoms with Crippen LogP contribution in [0.15, 0.2) is 6.20 Å². The van der Waals surface area contributed by atoms with Crippen molar-refractivity contribution in [3.05, 3.63) is 33.0 Å². The lowest BCUT2D eigenvalue weighted by atomic mass is 10.1. The standard InChI is InChI=1S/C11H10F3N3OS/c1-5-8(6(2)17(3)16-5)9(18)7-4-15-10(19-7)11(12,13)14/h4H,1-3H3. The zero-order valence-electron chi connectivity index (χ0n) is 10.4. The number of hydrogen-bond acceptors (Lipinski definition) is 4. The fourth-order valence-corrected chi connectivity index (χ4v) is 2.47. The topological polar surface area (TPSA) is 47.8 Å². The minimum absolute atomic E-state index is 0.0356. The predicted molar refractivity (Wildman–Crippen MR) is 63.2 cm³/mol. The average Bonchev–Trinajstić information content (AvgIpc) is 2.84. The lowest BCUT2D eigenvalue weighted by molar-refractivity contribution is -0.137. The molecule has 0 aliphatic rings. The van der Waals surface area contributed by atoms with Gasteiger partial charge in [0.2, 0.25) is 5.78 Å². The summed E-state index contributed by atoms with van der Waals surface area (Å²) in [5.41, 5.74) is 1.44. The number of aryl methyl sites for hydroxylation is 2. The summed E-state index contributed by atoms with van der Waals surface area (Å²) in [4.78, 5) is 15.4. The molecule has 0 N–H and O–H groups in total. The van der Waals surface area contributed by atoms with E-state index in [4.69, 9.17) is 0 Å². The Balaban J connectivity index is 2.42. The second-order valence-corrected chi connectivity index (χ2v) is 5.06. The molecule has 2 aromatic heterocycles. The number of halogens is 3. The van der Waals surface area contributed by atoms with Gasteiger partial charge in [0, 0.05) is 18.9 Å². The molecular formula is C11H10F3N3OS. The van der Waals surface area contributed by atoms with Gasteiger partial charge in [-0.1, -0.05) is 0 Å². The number of rotatable bonds is 2. The summed E-state index contributed by atoms with van der Waals surface area (Å²) in [6, 6.07) is 0. The minimum atomic E-state index is -4.53. The second-order valence-electron chi connectivity index (χ2n) is 4.03. The van der Waals surface area contributed by atoms with E-state index < -0.39 is 17.0 Å². The molecule has 2 rings (SSSR count). The number of carbonyl (C=O) groups is 1. The molecule has 0 radical (unpaired) electrons. The molecule has 0 spiro atoms. The highest BCUT2D eigenvalue weighted by Gasteiger charge is 2.35. The monoisotopic (exact) mass is 289 g/mol. The average molecular weight is 289 g/mol. The van der Waals surface area contributed by atoms with Crippen molar-refractivity contribution in [2.45, 2.75) is 20.0 Å². The molecule has 0 unspecified atom stereocenters. The maximum Gasteiger partial charge on any atom is 0.443 e. The van der Waals surface area contributed by atoms with E-state index in [1.807, 2.05) is 0 Å². The van der Waals surface area contributed by atoms with Crippen molar-refractivity contribution in [1.29, 1.82) is 0 Å². The number of hydrogen-bond donors (Lipinski definition) is 0. The van der Waals surface area contributed by atoms with Crippen molar-refractivity contribution < 1.29 is 18.0 Å². The van der Waals surface area contributed by atoms with Gasteiger partial charge in [0.05, 0.1) is 16.1 Å². The van der Waals surface area contributed by atoms with Crippen LogP contribution in [0, 0.1) is 13.8 Å². The second kappa shape index (κ2) is 4.44. The molecule has 4 nitrogen and oxygen atoms in total. The van der Waals surface area contributed by atoms with Crippen LogP contribution in [0.2, 0.25) is 0 Å². The van der Waals surface area contributed by atoms with Crippen molar-refractivity contribution in [2.75, 3.05) is 0 Å². The van der Waals surface area contributed by atoms with Crippen LogP contribution in [0.3, 0.4) is 0 Å². The Hall–Kier alpha value is -1.70. The highest BCUT2D eigenvalue weighted by molar-refractivity contribution is 7.14. The molecule has 2 heterocycles. The smallest absolute Gasteiger partial charge is 0.287 e. The van der Waals surface area contributed by atoms with E-state index in [1.165, 1.54) is 4.68 Å². The van der Waals surface area contributed by atoms with Crippen LogP contribution in [0.1, 0.15) is 31.6 Å². The number of carbonyl (C=O) groups excluding carboxylic acids is 1. The lowest BCUT2D eigenvalue weighted by Gasteiger charge is -2.00. The first-order valence-corrected chi connectivity index (χ1v) is 6.11. The Labute approximate surface area is 110 Å². The van der Waals surface area contributed by atoms with Crippen LogP contribution in [0.25, 0.3) is 0 Å². The normalized spacial score (nSPS) is 11.9. The Morgan fingerprint density at radius 3 is 2.42 bits per heavy atom. The summed E-state index contributed by atoms with van der Waals surface area (Å²) in [6.07, 6.45) is -3.57. The molecule has 0 aliphatic heterocycles. The first-order valence-electron chi connectivity index (χ1n) is 5.29. The highest BCUT2D eigenvalue weighted by Crippen LogP contribution is 2.33. The lowest BCUT2D eigenvalue weighted by Crippen LogP contribution is -2.04. The van der Waals surface area contributed by atoms with Gasteiger partial charge < -0.3 is 0 Å². The third-order valence-corrected chi connectivity index (χ3v) is 3.75. The van der Waals surface area contributed by atoms with Crippen LogP contribution in [-0.4, -0.2) is 20.5 Å². The van der Waals surface area contributed by atoms with E-state index in [0.29, 0.717) is 28.3 Å². The summed E-state index contributed by atoms with van der Waals surface area (Å²) in [5.74, 6) is -0.476. The molecule has 0 aliphatic carbocycles. The zero-order chi connectivity index (χ0) is 14.4. The number of ketones is 1. The molecule has 0 fully saturated rings. The van der Waals surface area contributed by atoms with Crippen LogP contribution in [-0.2, 0) is 13.2 Å². The van der Waals surface area contributed by atoms with Gasteiger partial charge in [-0.25, -0.2) is 4.98 Å². The Morgan fingerprint density at radius 1 is 1.37 bits per heavy atom. The van der Waals surface area contributed by atoms with Crippen molar-refractivity contribution in [3.63, 3.8) is 0 Å². The molecule has 19 heavy (non-hydrogen) atoms. The van der Waals surface area contributed by atoms with E-state index in [-0.39, 0.29) is 4.88 Å². The van der Waals surface area contributed by atoms with Crippen molar-refractivity contribution in [2.24, 2.45) is 7.05 Å². The van der Waals surface area contributed by atoms with Crippen LogP contribution >= 0.6 is 11.3 Å². The van der Waals surface area contributed by atoms with Gasteiger partial charge in [-0.2, -0.15) is 18.3 Å². The van der Waals surface area contributed by atoms with Crippen molar-refractivity contribution in [1.82, 2.24) is 14.8 Å². The van der Waals surface area contributed by atoms with Gasteiger partial charge in [-0.05, 0) is 13.8 Å². The van der Waals surface area contributed by atoms with Gasteiger partial charge in [0.25, 0.3) is 0 Å². The van der Waals surface area contributed by atoms with Crippen LogP contribution < -0.4 is 0 Å². The summed E-state index contributed by atoms with van der Waals surface area (Å²) >= 11 is 0.347. The minimum Gasteiger partial charge on any atom is -0.287 e. The maximum absolute atomic E-state index is 12.4. The number of alkyl halides is 3. The summed E-state index contributed by atoms with van der Waals surface area (Å²) in [6.45, 7) is 3.34. The van der Waals surface area contributed by atoms with Gasteiger partial charge >= 0.3 is 6.18 Å². The number of nitrogens with zero attached hydrogens (tertiary/aromatic N) is 3. The van der Waals surface area contributed by atoms with Gasteiger partial charge in [0.1, 0.15) is 0 Å². The Kier molecular flexibility index (Phi) is 3.21. The van der Waals surface area contributed by atoms with Gasteiger partial charge in [-0.3, -0.25) is 9.48 Å². The molecule has 0 bridgehead atoms. The third-order valence-electron chi connectivity index (χ3n) is 2.71. The van der Waals surface area contributed by atoms with Crippen LogP contribution in [0.5, 0.6) is 0 Å². The van der Waals surface area contributed by atoms with E-state index in [1.54, 1.807) is 20.9 Å². The first-order chi connectivity index (χ1) is 8.71. The van der Waals surface area contributed by atoms with E-state index in [9.17, 15) is 18.0 Å². The van der Waals surface area contributed by atoms with Crippen molar-refractivity contribution in [3.8, 4) is 0 Å². The predicted octanol–water partition coefficient (Wildman–Crippen LogP) is 2.74.